The lowest BCUT2D eigenvalue weighted by Gasteiger charge is -2.25. The topological polar surface area (TPSA) is 53.2 Å². The maximum atomic E-state index is 12.7. The van der Waals surface area contributed by atoms with Gasteiger partial charge in [0.1, 0.15) is 5.56 Å². The largest absolute Gasteiger partial charge is 0.337 e. The highest BCUT2D eigenvalue weighted by molar-refractivity contribution is 5.94. The lowest BCUT2D eigenvalue weighted by Crippen LogP contribution is -2.34. The highest BCUT2D eigenvalue weighted by atomic mass is 16.2. The smallest absolute Gasteiger partial charge is 0.260 e. The first kappa shape index (κ1) is 15.5. The molecule has 1 aliphatic rings. The number of rotatable bonds is 2. The first-order valence-corrected chi connectivity index (χ1v) is 7.92. The average molecular weight is 310 g/mol. The normalized spacial score (nSPS) is 19.8. The van der Waals surface area contributed by atoms with Crippen molar-refractivity contribution in [2.45, 2.75) is 26.7 Å². The highest BCUT2D eigenvalue weighted by Crippen LogP contribution is 2.42. The van der Waals surface area contributed by atoms with Crippen LogP contribution in [0.25, 0.3) is 0 Å². The number of nitrogens with one attached hydrogen (secondary N) is 1. The van der Waals surface area contributed by atoms with E-state index in [9.17, 15) is 9.59 Å². The van der Waals surface area contributed by atoms with Crippen molar-refractivity contribution in [3.05, 3.63) is 69.6 Å². The zero-order valence-electron chi connectivity index (χ0n) is 13.8. The number of pyridine rings is 1. The Bertz CT molecular complexity index is 777. The summed E-state index contributed by atoms with van der Waals surface area (Å²) in [5.74, 6) is 0.0925. The number of carbonyl (C=O) groups excluding carboxylic acids is 1. The minimum Gasteiger partial charge on any atom is -0.337 e. The molecule has 1 amide bonds. The lowest BCUT2D eigenvalue weighted by molar-refractivity contribution is 0.0776. The first-order chi connectivity index (χ1) is 10.9. The molecule has 23 heavy (non-hydrogen) atoms. The third-order valence-corrected chi connectivity index (χ3v) is 4.72. The second-order valence-electron chi connectivity index (χ2n) is 7.02. The van der Waals surface area contributed by atoms with Crippen molar-refractivity contribution in [3.63, 3.8) is 0 Å². The molecule has 2 heterocycles. The molecular weight excluding hydrogens is 288 g/mol. The summed E-state index contributed by atoms with van der Waals surface area (Å²) in [4.78, 5) is 29.3. The number of hydrogen-bond donors (Lipinski definition) is 1. The van der Waals surface area contributed by atoms with E-state index in [2.05, 4.69) is 31.0 Å². The van der Waals surface area contributed by atoms with Gasteiger partial charge in [0, 0.05) is 24.7 Å². The van der Waals surface area contributed by atoms with Crippen LogP contribution < -0.4 is 5.56 Å². The molecule has 0 saturated carbocycles. The van der Waals surface area contributed by atoms with Crippen molar-refractivity contribution in [2.24, 2.45) is 5.41 Å². The third kappa shape index (κ3) is 2.93. The van der Waals surface area contributed by atoms with E-state index in [4.69, 9.17) is 0 Å². The molecule has 1 unspecified atom stereocenters. The maximum absolute atomic E-state index is 12.7. The highest BCUT2D eigenvalue weighted by Gasteiger charge is 2.42. The van der Waals surface area contributed by atoms with Gasteiger partial charge in [-0.2, -0.15) is 0 Å². The molecule has 4 nitrogen and oxygen atoms in total. The molecule has 1 aliphatic heterocycles. The predicted octanol–water partition coefficient (Wildman–Crippen LogP) is 2.95. The van der Waals surface area contributed by atoms with E-state index in [1.165, 1.54) is 5.56 Å². The Hall–Kier alpha value is -2.36. The molecule has 1 fully saturated rings. The van der Waals surface area contributed by atoms with Gasteiger partial charge in [-0.15, -0.1) is 0 Å². The van der Waals surface area contributed by atoms with Gasteiger partial charge in [-0.25, -0.2) is 0 Å². The van der Waals surface area contributed by atoms with Crippen molar-refractivity contribution in [1.29, 1.82) is 0 Å². The molecule has 0 aliphatic carbocycles. The average Bonchev–Trinajstić information content (AvgIpc) is 2.83. The summed E-state index contributed by atoms with van der Waals surface area (Å²) in [6, 6.07) is 13.7. The van der Waals surface area contributed by atoms with Crippen molar-refractivity contribution < 1.29 is 4.79 Å². The van der Waals surface area contributed by atoms with Crippen molar-refractivity contribution >= 4 is 5.91 Å². The standard InChI is InChI=1S/C19H22N2O2/c1-13-9-10-15(17(22)20-13)18(23)21-11-16(19(2,3)12-21)14-7-5-4-6-8-14/h4-10,16H,11-12H2,1-3H3,(H,20,22). The molecule has 2 aromatic rings. The fraction of sp³-hybridized carbons (Fsp3) is 0.368. The van der Waals surface area contributed by atoms with Gasteiger partial charge in [-0.05, 0) is 30.0 Å². The minimum absolute atomic E-state index is 0.0194. The number of likely N-dealkylation sites (tertiary alicyclic amines) is 1. The molecule has 1 saturated heterocycles. The quantitative estimate of drug-likeness (QED) is 0.927. The number of aromatic amines is 1. The van der Waals surface area contributed by atoms with Gasteiger partial charge in [0.2, 0.25) is 0 Å². The number of benzene rings is 1. The summed E-state index contributed by atoms with van der Waals surface area (Å²) in [7, 11) is 0. The van der Waals surface area contributed by atoms with Gasteiger partial charge in [0.15, 0.2) is 0 Å². The fourth-order valence-electron chi connectivity index (χ4n) is 3.44. The molecule has 1 aromatic carbocycles. The van der Waals surface area contributed by atoms with Crippen LogP contribution in [-0.2, 0) is 0 Å². The Labute approximate surface area is 136 Å². The number of H-pyrrole nitrogens is 1. The van der Waals surface area contributed by atoms with Crippen LogP contribution in [0.15, 0.2) is 47.3 Å². The number of carbonyl (C=O) groups is 1. The van der Waals surface area contributed by atoms with Gasteiger partial charge >= 0.3 is 0 Å². The summed E-state index contributed by atoms with van der Waals surface area (Å²) >= 11 is 0. The molecule has 3 rings (SSSR count). The first-order valence-electron chi connectivity index (χ1n) is 7.92. The minimum atomic E-state index is -0.309. The molecule has 0 radical (unpaired) electrons. The molecule has 1 N–H and O–H groups in total. The zero-order chi connectivity index (χ0) is 16.6. The van der Waals surface area contributed by atoms with E-state index in [-0.39, 0.29) is 28.4 Å². The Kier molecular flexibility index (Phi) is 3.84. The number of aryl methyl sites for hydroxylation is 1. The van der Waals surface area contributed by atoms with E-state index in [0.29, 0.717) is 13.1 Å². The zero-order valence-corrected chi connectivity index (χ0v) is 13.8. The molecular formula is C19H22N2O2. The molecule has 1 aromatic heterocycles. The van der Waals surface area contributed by atoms with E-state index in [1.807, 2.05) is 18.2 Å². The van der Waals surface area contributed by atoms with Crippen molar-refractivity contribution in [1.82, 2.24) is 9.88 Å². The van der Waals surface area contributed by atoms with Gasteiger partial charge in [-0.3, -0.25) is 9.59 Å². The summed E-state index contributed by atoms with van der Waals surface area (Å²) in [6.07, 6.45) is 0. The monoisotopic (exact) mass is 310 g/mol. The Morgan fingerprint density at radius 3 is 2.52 bits per heavy atom. The van der Waals surface area contributed by atoms with Crippen LogP contribution >= 0.6 is 0 Å². The summed E-state index contributed by atoms with van der Waals surface area (Å²) < 4.78 is 0. The van der Waals surface area contributed by atoms with Crippen LogP contribution in [0, 0.1) is 12.3 Å². The maximum Gasteiger partial charge on any atom is 0.260 e. The van der Waals surface area contributed by atoms with Crippen LogP contribution in [0.4, 0.5) is 0 Å². The van der Waals surface area contributed by atoms with Crippen molar-refractivity contribution in [3.8, 4) is 0 Å². The molecule has 1 atom stereocenters. The lowest BCUT2D eigenvalue weighted by atomic mass is 9.78. The third-order valence-electron chi connectivity index (χ3n) is 4.72. The van der Waals surface area contributed by atoms with Crippen LogP contribution in [0.5, 0.6) is 0 Å². The molecule has 0 bridgehead atoms. The second-order valence-corrected chi connectivity index (χ2v) is 7.02. The van der Waals surface area contributed by atoms with Crippen LogP contribution in [0.3, 0.4) is 0 Å². The number of aromatic nitrogens is 1. The van der Waals surface area contributed by atoms with E-state index in [0.717, 1.165) is 5.69 Å². The number of hydrogen-bond acceptors (Lipinski definition) is 2. The van der Waals surface area contributed by atoms with Crippen LogP contribution in [0.1, 0.15) is 41.4 Å². The van der Waals surface area contributed by atoms with Crippen molar-refractivity contribution in [2.75, 3.05) is 13.1 Å². The summed E-state index contributed by atoms with van der Waals surface area (Å²) in [5.41, 5.74) is 1.89. The molecule has 0 spiro atoms. The predicted molar refractivity (Wildman–Crippen MR) is 90.7 cm³/mol. The van der Waals surface area contributed by atoms with Gasteiger partial charge in [-0.1, -0.05) is 44.2 Å². The SMILES string of the molecule is Cc1ccc(C(=O)N2CC(c3ccccc3)C(C)(C)C2)c(=O)[nH]1. The number of amides is 1. The van der Waals surface area contributed by atoms with E-state index < -0.39 is 0 Å². The second kappa shape index (κ2) is 5.69. The van der Waals surface area contributed by atoms with Gasteiger partial charge < -0.3 is 9.88 Å². The van der Waals surface area contributed by atoms with Crippen LogP contribution in [0.2, 0.25) is 0 Å². The Morgan fingerprint density at radius 1 is 1.17 bits per heavy atom. The van der Waals surface area contributed by atoms with E-state index in [1.54, 1.807) is 24.0 Å². The van der Waals surface area contributed by atoms with Gasteiger partial charge in [0.05, 0.1) is 0 Å². The van der Waals surface area contributed by atoms with Gasteiger partial charge in [0.25, 0.3) is 11.5 Å². The van der Waals surface area contributed by atoms with E-state index >= 15 is 0 Å². The Balaban J connectivity index is 1.88. The summed E-state index contributed by atoms with van der Waals surface area (Å²) in [5, 5.41) is 0. The number of nitrogens with zero attached hydrogens (tertiary/aromatic N) is 1. The molecule has 120 valence electrons. The fourth-order valence-corrected chi connectivity index (χ4v) is 3.44. The summed E-state index contributed by atoms with van der Waals surface area (Å²) in [6.45, 7) is 7.45. The van der Waals surface area contributed by atoms with Crippen LogP contribution in [-0.4, -0.2) is 28.9 Å². The molecule has 4 heteroatoms. The Morgan fingerprint density at radius 2 is 1.87 bits per heavy atom.